The molecule has 0 radical (unpaired) electrons. The zero-order valence-electron chi connectivity index (χ0n) is 15.6. The van der Waals surface area contributed by atoms with Crippen LogP contribution in [0.25, 0.3) is 20.3 Å². The fourth-order valence-electron chi connectivity index (χ4n) is 3.12. The van der Waals surface area contributed by atoms with Gasteiger partial charge in [0.25, 0.3) is 5.91 Å². The molecule has 0 bridgehead atoms. The van der Waals surface area contributed by atoms with Gasteiger partial charge in [-0.15, -0.1) is 11.3 Å². The molecule has 0 saturated heterocycles. The number of aromatic nitrogens is 1. The number of fused-ring (bicyclic) bond motifs is 2. The van der Waals surface area contributed by atoms with Crippen molar-refractivity contribution in [3.05, 3.63) is 57.2 Å². The standard InChI is InChI=1S/C21H19ClN2O2S2/c1-3-11-24-15-10-9-13(26-4-2)12-17(15)28-21(24)23-20(25)19-18(22)14-7-5-6-8-16(14)27-19/h5-10,12H,3-4,11H2,1-2H3. The van der Waals surface area contributed by atoms with Crippen LogP contribution in [0.15, 0.2) is 47.5 Å². The van der Waals surface area contributed by atoms with Crippen molar-refractivity contribution in [3.8, 4) is 5.75 Å². The number of benzene rings is 2. The van der Waals surface area contributed by atoms with Crippen LogP contribution in [0.3, 0.4) is 0 Å². The molecular formula is C21H19ClN2O2S2. The molecule has 0 unspecified atom stereocenters. The van der Waals surface area contributed by atoms with E-state index in [1.807, 2.05) is 49.4 Å². The maximum atomic E-state index is 12.9. The van der Waals surface area contributed by atoms with E-state index in [0.29, 0.717) is 21.3 Å². The average molecular weight is 431 g/mol. The lowest BCUT2D eigenvalue weighted by Crippen LogP contribution is -2.16. The van der Waals surface area contributed by atoms with E-state index in [1.165, 1.54) is 22.7 Å². The van der Waals surface area contributed by atoms with Gasteiger partial charge in [0.2, 0.25) is 0 Å². The molecule has 2 aromatic heterocycles. The summed E-state index contributed by atoms with van der Waals surface area (Å²) in [7, 11) is 0. The molecule has 1 amide bonds. The monoisotopic (exact) mass is 430 g/mol. The Labute approximate surface area is 175 Å². The van der Waals surface area contributed by atoms with E-state index in [-0.39, 0.29) is 5.91 Å². The van der Waals surface area contributed by atoms with E-state index in [4.69, 9.17) is 16.3 Å². The minimum atomic E-state index is -0.298. The third-order valence-electron chi connectivity index (χ3n) is 4.34. The van der Waals surface area contributed by atoms with Gasteiger partial charge in [-0.05, 0) is 37.6 Å². The Morgan fingerprint density at radius 1 is 1.14 bits per heavy atom. The molecule has 144 valence electrons. The molecule has 2 heterocycles. The van der Waals surface area contributed by atoms with E-state index in [2.05, 4.69) is 16.5 Å². The Balaban J connectivity index is 1.83. The topological polar surface area (TPSA) is 43.6 Å². The van der Waals surface area contributed by atoms with Crippen LogP contribution in [0.2, 0.25) is 5.02 Å². The summed E-state index contributed by atoms with van der Waals surface area (Å²) >= 11 is 9.35. The highest BCUT2D eigenvalue weighted by Gasteiger charge is 2.17. The SMILES string of the molecule is CCCn1c(=NC(=O)c2sc3ccccc3c2Cl)sc2cc(OCC)ccc21. The molecule has 0 aliphatic rings. The van der Waals surface area contributed by atoms with Gasteiger partial charge < -0.3 is 9.30 Å². The van der Waals surface area contributed by atoms with Gasteiger partial charge in [-0.25, -0.2) is 0 Å². The maximum absolute atomic E-state index is 12.9. The van der Waals surface area contributed by atoms with Gasteiger partial charge in [0.05, 0.1) is 21.8 Å². The number of amides is 1. The summed E-state index contributed by atoms with van der Waals surface area (Å²) in [5.41, 5.74) is 1.06. The number of hydrogen-bond acceptors (Lipinski definition) is 4. The molecule has 0 spiro atoms. The molecule has 7 heteroatoms. The minimum Gasteiger partial charge on any atom is -0.494 e. The van der Waals surface area contributed by atoms with E-state index in [1.54, 1.807) is 0 Å². The van der Waals surface area contributed by atoms with E-state index in [9.17, 15) is 4.79 Å². The summed E-state index contributed by atoms with van der Waals surface area (Å²) < 4.78 is 9.74. The molecule has 0 aliphatic heterocycles. The van der Waals surface area contributed by atoms with Crippen LogP contribution >= 0.6 is 34.3 Å². The first-order valence-corrected chi connectivity index (χ1v) is 11.2. The molecule has 0 saturated carbocycles. The number of nitrogens with zero attached hydrogens (tertiary/aromatic N) is 2. The number of thiazole rings is 1. The van der Waals surface area contributed by atoms with Crippen LogP contribution in [0.1, 0.15) is 29.9 Å². The number of hydrogen-bond donors (Lipinski definition) is 0. The van der Waals surface area contributed by atoms with Crippen LogP contribution in [0, 0.1) is 0 Å². The van der Waals surface area contributed by atoms with Gasteiger partial charge >= 0.3 is 0 Å². The average Bonchev–Trinajstić information content (AvgIpc) is 3.20. The van der Waals surface area contributed by atoms with Crippen molar-refractivity contribution < 1.29 is 9.53 Å². The first-order chi connectivity index (χ1) is 13.6. The number of carbonyl (C=O) groups is 1. The maximum Gasteiger partial charge on any atom is 0.291 e. The van der Waals surface area contributed by atoms with E-state index < -0.39 is 0 Å². The Morgan fingerprint density at radius 3 is 2.71 bits per heavy atom. The lowest BCUT2D eigenvalue weighted by atomic mass is 10.2. The van der Waals surface area contributed by atoms with Crippen molar-refractivity contribution in [3.63, 3.8) is 0 Å². The largest absolute Gasteiger partial charge is 0.494 e. The third-order valence-corrected chi connectivity index (χ3v) is 7.04. The van der Waals surface area contributed by atoms with Crippen molar-refractivity contribution in [2.24, 2.45) is 4.99 Å². The highest BCUT2D eigenvalue weighted by molar-refractivity contribution is 7.21. The Hall–Kier alpha value is -2.15. The number of thiophene rings is 1. The summed E-state index contributed by atoms with van der Waals surface area (Å²) in [6.45, 7) is 5.48. The predicted octanol–water partition coefficient (Wildman–Crippen LogP) is 6.12. The normalized spacial score (nSPS) is 12.2. The number of ether oxygens (including phenoxy) is 1. The predicted molar refractivity (Wildman–Crippen MR) is 118 cm³/mol. The van der Waals surface area contributed by atoms with Crippen molar-refractivity contribution >= 4 is 60.5 Å². The van der Waals surface area contributed by atoms with Gasteiger partial charge in [0, 0.05) is 16.6 Å². The Morgan fingerprint density at radius 2 is 1.96 bits per heavy atom. The summed E-state index contributed by atoms with van der Waals surface area (Å²) in [6, 6.07) is 13.7. The molecule has 0 aliphatic carbocycles. The van der Waals surface area contributed by atoms with Crippen molar-refractivity contribution in [2.45, 2.75) is 26.8 Å². The molecule has 2 aromatic carbocycles. The van der Waals surface area contributed by atoms with Gasteiger partial charge in [-0.1, -0.05) is 48.1 Å². The molecule has 4 aromatic rings. The second-order valence-electron chi connectivity index (χ2n) is 6.26. The van der Waals surface area contributed by atoms with E-state index >= 15 is 0 Å². The quantitative estimate of drug-likeness (QED) is 0.382. The molecule has 4 nitrogen and oxygen atoms in total. The van der Waals surface area contributed by atoms with Crippen LogP contribution in [0.4, 0.5) is 0 Å². The molecular weight excluding hydrogens is 412 g/mol. The lowest BCUT2D eigenvalue weighted by Gasteiger charge is -2.04. The molecule has 0 atom stereocenters. The highest BCUT2D eigenvalue weighted by atomic mass is 35.5. The number of rotatable bonds is 5. The van der Waals surface area contributed by atoms with Crippen molar-refractivity contribution in [2.75, 3.05) is 6.61 Å². The third kappa shape index (κ3) is 3.48. The zero-order valence-corrected chi connectivity index (χ0v) is 18.0. The van der Waals surface area contributed by atoms with Crippen LogP contribution in [0.5, 0.6) is 5.75 Å². The van der Waals surface area contributed by atoms with Crippen molar-refractivity contribution in [1.82, 2.24) is 4.57 Å². The fraction of sp³-hybridized carbons (Fsp3) is 0.238. The summed E-state index contributed by atoms with van der Waals surface area (Å²) in [5, 5.41) is 1.38. The Kier molecular flexibility index (Phi) is 5.53. The van der Waals surface area contributed by atoms with Crippen molar-refractivity contribution in [1.29, 1.82) is 0 Å². The van der Waals surface area contributed by atoms with Crippen LogP contribution < -0.4 is 9.54 Å². The fourth-order valence-corrected chi connectivity index (χ4v) is 5.60. The lowest BCUT2D eigenvalue weighted by molar-refractivity contribution is 0.100. The number of halogens is 1. The molecule has 4 rings (SSSR count). The summed E-state index contributed by atoms with van der Waals surface area (Å²) in [5.74, 6) is 0.526. The van der Waals surface area contributed by atoms with Gasteiger partial charge in [-0.2, -0.15) is 4.99 Å². The molecule has 0 N–H and O–H groups in total. The number of aryl methyl sites for hydroxylation is 1. The van der Waals surface area contributed by atoms with Gasteiger partial charge in [-0.3, -0.25) is 4.79 Å². The first kappa shape index (κ1) is 19.2. The molecule has 0 fully saturated rings. The zero-order chi connectivity index (χ0) is 19.7. The van der Waals surface area contributed by atoms with Gasteiger partial charge in [0.1, 0.15) is 10.6 Å². The van der Waals surface area contributed by atoms with Crippen LogP contribution in [-0.2, 0) is 6.54 Å². The second kappa shape index (κ2) is 8.07. The van der Waals surface area contributed by atoms with Crippen LogP contribution in [-0.4, -0.2) is 17.1 Å². The van der Waals surface area contributed by atoms with E-state index in [0.717, 1.165) is 39.0 Å². The Bertz CT molecular complexity index is 1240. The second-order valence-corrected chi connectivity index (χ2v) is 8.70. The molecule has 28 heavy (non-hydrogen) atoms. The highest BCUT2D eigenvalue weighted by Crippen LogP contribution is 2.35. The van der Waals surface area contributed by atoms with Gasteiger partial charge in [0.15, 0.2) is 4.80 Å². The number of carbonyl (C=O) groups excluding carboxylic acids is 1. The smallest absolute Gasteiger partial charge is 0.291 e. The minimum absolute atomic E-state index is 0.298. The summed E-state index contributed by atoms with van der Waals surface area (Å²) in [4.78, 5) is 18.5. The summed E-state index contributed by atoms with van der Waals surface area (Å²) in [6.07, 6.45) is 0.948. The first-order valence-electron chi connectivity index (χ1n) is 9.14.